The molecule has 1 amide bonds. The van der Waals surface area contributed by atoms with Crippen molar-refractivity contribution in [3.05, 3.63) is 11.0 Å². The van der Waals surface area contributed by atoms with Crippen LogP contribution in [0.25, 0.3) is 0 Å². The van der Waals surface area contributed by atoms with Gasteiger partial charge in [0, 0.05) is 6.54 Å². The topological polar surface area (TPSA) is 46.6 Å². The number of unbranched alkanes of at least 4 members (excludes halogenated alkanes) is 1. The van der Waals surface area contributed by atoms with Crippen LogP contribution in [0.5, 0.6) is 0 Å². The Morgan fingerprint density at radius 3 is 2.32 bits per heavy atom. The van der Waals surface area contributed by atoms with E-state index in [-0.39, 0.29) is 18.5 Å². The van der Waals surface area contributed by atoms with Gasteiger partial charge in [0.25, 0.3) is 0 Å². The van der Waals surface area contributed by atoms with Gasteiger partial charge in [-0.2, -0.15) is 0 Å². The Labute approximate surface area is 128 Å². The molecule has 1 aliphatic heterocycles. The van der Waals surface area contributed by atoms with Crippen molar-refractivity contribution in [2.45, 2.75) is 52.6 Å². The van der Waals surface area contributed by atoms with Crippen molar-refractivity contribution < 1.29 is 27.3 Å². The summed E-state index contributed by atoms with van der Waals surface area (Å²) in [6.45, 7) is 0.701. The number of ether oxygens (including phenoxy) is 1. The summed E-state index contributed by atoms with van der Waals surface area (Å²) in [5, 5.41) is 0. The fraction of sp³-hybridized carbons (Fsp3) is 0.714. The molecule has 1 rings (SSSR count). The average molecular weight is 320 g/mol. The molecule has 0 radical (unpaired) electrons. The number of hydrogen-bond acceptors (Lipinski definition) is 3. The monoisotopic (exact) mass is 320 g/mol. The van der Waals surface area contributed by atoms with E-state index in [1.807, 2.05) is 6.92 Å². The van der Waals surface area contributed by atoms with Crippen LogP contribution in [0.3, 0.4) is 0 Å². The molecule has 22 heavy (non-hydrogen) atoms. The molecule has 1 aliphatic rings. The van der Waals surface area contributed by atoms with Crippen molar-refractivity contribution in [1.29, 1.82) is 0 Å². The summed E-state index contributed by atoms with van der Waals surface area (Å²) in [6.07, 6.45) is 0.657. The lowest BCUT2D eigenvalue weighted by Crippen LogP contribution is -2.47. The maximum absolute atomic E-state index is 13.1. The zero-order valence-corrected chi connectivity index (χ0v) is 13.4. The molecule has 0 aromatic heterocycles. The van der Waals surface area contributed by atoms with E-state index in [1.54, 1.807) is 20.8 Å². The third-order valence-corrected chi connectivity index (χ3v) is 3.21. The summed E-state index contributed by atoms with van der Waals surface area (Å²) in [5.41, 5.74) is -1.80. The SMILES string of the molecule is CCCCC1=C([B-](F)(F)F)C(=O)CN(C(=O)OC(C)(C)C)C1. The molecule has 0 bridgehead atoms. The number of Topliss-reactive ketones (excluding diaryl/α,β-unsaturated/α-hetero) is 1. The van der Waals surface area contributed by atoms with E-state index < -0.39 is 36.5 Å². The Morgan fingerprint density at radius 1 is 1.27 bits per heavy atom. The van der Waals surface area contributed by atoms with Crippen LogP contribution in [0, 0.1) is 0 Å². The fourth-order valence-corrected chi connectivity index (χ4v) is 2.30. The molecule has 0 saturated carbocycles. The number of nitrogens with zero attached hydrogens (tertiary/aromatic N) is 1. The second-order valence-electron chi connectivity index (χ2n) is 6.46. The molecule has 0 fully saturated rings. The number of carbonyl (C=O) groups is 2. The van der Waals surface area contributed by atoms with E-state index in [0.29, 0.717) is 12.8 Å². The molecular formula is C14H22BF3NO3-. The molecule has 0 atom stereocenters. The smallest absolute Gasteiger partial charge is 0.445 e. The first kappa shape index (κ1) is 18.6. The standard InChI is InChI=1S/C14H22BF3NO3/c1-5-6-7-10-8-19(13(21)22-14(2,3)4)9-11(20)12(10)15(16,17)18/h5-9H2,1-4H3/q-1. The normalized spacial score (nSPS) is 17.0. The van der Waals surface area contributed by atoms with Crippen molar-refractivity contribution >= 4 is 18.9 Å². The first-order valence-corrected chi connectivity index (χ1v) is 7.38. The summed E-state index contributed by atoms with van der Waals surface area (Å²) < 4.78 is 44.5. The average Bonchev–Trinajstić information content (AvgIpc) is 2.31. The van der Waals surface area contributed by atoms with Gasteiger partial charge in [-0.3, -0.25) is 9.69 Å². The van der Waals surface area contributed by atoms with E-state index in [0.717, 1.165) is 4.90 Å². The molecule has 0 aromatic rings. The number of rotatable bonds is 4. The Hall–Kier alpha value is -1.47. The first-order chi connectivity index (χ1) is 9.95. The summed E-state index contributed by atoms with van der Waals surface area (Å²) >= 11 is 0. The lowest BCUT2D eigenvalue weighted by atomic mass is 9.71. The van der Waals surface area contributed by atoms with Gasteiger partial charge < -0.3 is 17.7 Å². The van der Waals surface area contributed by atoms with Crippen LogP contribution < -0.4 is 0 Å². The van der Waals surface area contributed by atoms with Gasteiger partial charge in [0.15, 0.2) is 0 Å². The molecule has 0 N–H and O–H groups in total. The Morgan fingerprint density at radius 2 is 1.86 bits per heavy atom. The van der Waals surface area contributed by atoms with Gasteiger partial charge >= 0.3 is 13.1 Å². The van der Waals surface area contributed by atoms with E-state index in [4.69, 9.17) is 4.74 Å². The number of carbonyl (C=O) groups excluding carboxylic acids is 2. The molecule has 4 nitrogen and oxygen atoms in total. The minimum absolute atomic E-state index is 0.00328. The number of hydrogen-bond donors (Lipinski definition) is 0. The largest absolute Gasteiger partial charge is 0.513 e. The van der Waals surface area contributed by atoms with Gasteiger partial charge in [-0.1, -0.05) is 24.4 Å². The summed E-state index contributed by atoms with van der Waals surface area (Å²) in [6, 6.07) is 0. The second kappa shape index (κ2) is 6.75. The Kier molecular flexibility index (Phi) is 5.70. The predicted molar refractivity (Wildman–Crippen MR) is 78.4 cm³/mol. The molecule has 8 heteroatoms. The van der Waals surface area contributed by atoms with Crippen LogP contribution in [0.1, 0.15) is 47.0 Å². The highest BCUT2D eigenvalue weighted by molar-refractivity contribution is 6.73. The quantitative estimate of drug-likeness (QED) is 0.742. The van der Waals surface area contributed by atoms with Gasteiger partial charge in [-0.15, -0.1) is 0 Å². The van der Waals surface area contributed by atoms with E-state index in [1.165, 1.54) is 0 Å². The summed E-state index contributed by atoms with van der Waals surface area (Å²) in [7, 11) is 0. The molecular weight excluding hydrogens is 298 g/mol. The lowest BCUT2D eigenvalue weighted by molar-refractivity contribution is -0.117. The third kappa shape index (κ3) is 5.07. The third-order valence-electron chi connectivity index (χ3n) is 3.21. The Balaban J connectivity index is 3.03. The maximum Gasteiger partial charge on any atom is 0.513 e. The summed E-state index contributed by atoms with van der Waals surface area (Å²) in [4.78, 5) is 24.9. The highest BCUT2D eigenvalue weighted by Crippen LogP contribution is 2.30. The van der Waals surface area contributed by atoms with Crippen molar-refractivity contribution in [2.75, 3.05) is 13.1 Å². The minimum atomic E-state index is -5.36. The number of ketones is 1. The van der Waals surface area contributed by atoms with Gasteiger partial charge in [-0.25, -0.2) is 4.79 Å². The lowest BCUT2D eigenvalue weighted by Gasteiger charge is -2.35. The summed E-state index contributed by atoms with van der Waals surface area (Å²) in [5.74, 6) is -1.05. The minimum Gasteiger partial charge on any atom is -0.445 e. The van der Waals surface area contributed by atoms with Crippen molar-refractivity contribution in [3.8, 4) is 0 Å². The predicted octanol–water partition coefficient (Wildman–Crippen LogP) is 3.68. The highest BCUT2D eigenvalue weighted by Gasteiger charge is 2.40. The van der Waals surface area contributed by atoms with Crippen LogP contribution in [0.15, 0.2) is 11.0 Å². The van der Waals surface area contributed by atoms with Gasteiger partial charge in [0.1, 0.15) is 11.4 Å². The first-order valence-electron chi connectivity index (χ1n) is 7.38. The second-order valence-corrected chi connectivity index (χ2v) is 6.46. The molecule has 0 aromatic carbocycles. The van der Waals surface area contributed by atoms with Crippen LogP contribution in [-0.2, 0) is 9.53 Å². The number of halogens is 3. The van der Waals surface area contributed by atoms with E-state index in [9.17, 15) is 22.5 Å². The van der Waals surface area contributed by atoms with Gasteiger partial charge in [-0.05, 0) is 33.6 Å². The van der Waals surface area contributed by atoms with Crippen LogP contribution >= 0.6 is 0 Å². The molecule has 0 saturated heterocycles. The molecule has 0 unspecified atom stereocenters. The van der Waals surface area contributed by atoms with Crippen LogP contribution in [-0.4, -0.2) is 42.4 Å². The molecule has 0 spiro atoms. The highest BCUT2D eigenvalue weighted by atomic mass is 19.4. The molecule has 1 heterocycles. The van der Waals surface area contributed by atoms with Crippen molar-refractivity contribution in [1.82, 2.24) is 4.90 Å². The molecule has 0 aliphatic carbocycles. The molecule has 126 valence electrons. The van der Waals surface area contributed by atoms with Crippen LogP contribution in [0.4, 0.5) is 17.7 Å². The number of amides is 1. The Bertz CT molecular complexity index is 481. The van der Waals surface area contributed by atoms with Gasteiger partial charge in [0.2, 0.25) is 0 Å². The van der Waals surface area contributed by atoms with Crippen molar-refractivity contribution in [2.24, 2.45) is 0 Å². The maximum atomic E-state index is 13.1. The fourth-order valence-electron chi connectivity index (χ4n) is 2.30. The van der Waals surface area contributed by atoms with Crippen molar-refractivity contribution in [3.63, 3.8) is 0 Å². The van der Waals surface area contributed by atoms with Gasteiger partial charge in [0.05, 0.1) is 6.54 Å². The van der Waals surface area contributed by atoms with Crippen LogP contribution in [0.2, 0.25) is 0 Å². The van der Waals surface area contributed by atoms with E-state index >= 15 is 0 Å². The zero-order chi connectivity index (χ0) is 17.1. The van der Waals surface area contributed by atoms with E-state index in [2.05, 4.69) is 0 Å². The zero-order valence-electron chi connectivity index (χ0n) is 13.4.